The molecule has 2 aromatic rings. The fourth-order valence-electron chi connectivity index (χ4n) is 2.81. The van der Waals surface area contributed by atoms with Crippen LogP contribution in [0.4, 0.5) is 18.9 Å². The minimum Gasteiger partial charge on any atom is -0.373 e. The minimum absolute atomic E-state index is 0.122. The van der Waals surface area contributed by atoms with E-state index in [9.17, 15) is 36.3 Å². The third kappa shape index (κ3) is 5.13. The predicted octanol–water partition coefficient (Wildman–Crippen LogP) is 3.57. The molecule has 7 nitrogen and oxygen atoms in total. The minimum atomic E-state index is -5.23. The zero-order chi connectivity index (χ0) is 24.6. The number of alkyl halides is 3. The van der Waals surface area contributed by atoms with Crippen LogP contribution in [0.3, 0.4) is 0 Å². The Morgan fingerprint density at radius 1 is 1.12 bits per heavy atom. The molecule has 0 unspecified atom stereocenters. The summed E-state index contributed by atoms with van der Waals surface area (Å²) < 4.78 is 64.3. The van der Waals surface area contributed by atoms with Gasteiger partial charge in [0.15, 0.2) is 0 Å². The number of carbonyl (C=O) groups is 2. The van der Waals surface area contributed by atoms with E-state index in [1.807, 2.05) is 5.32 Å². The average molecular weight is 523 g/mol. The van der Waals surface area contributed by atoms with Gasteiger partial charge < -0.3 is 15.3 Å². The van der Waals surface area contributed by atoms with Crippen molar-refractivity contribution >= 4 is 50.7 Å². The molecule has 33 heavy (non-hydrogen) atoms. The number of anilines is 1. The van der Waals surface area contributed by atoms with Gasteiger partial charge in [0.2, 0.25) is 15.4 Å². The number of nitrogens with one attached hydrogen (secondary N) is 1. The van der Waals surface area contributed by atoms with E-state index in [2.05, 4.69) is 0 Å². The van der Waals surface area contributed by atoms with E-state index in [0.29, 0.717) is 18.0 Å². The summed E-state index contributed by atoms with van der Waals surface area (Å²) in [6, 6.07) is 8.38. The summed E-state index contributed by atoms with van der Waals surface area (Å²) in [5.41, 5.74) is -3.65. The second-order valence-corrected chi connectivity index (χ2v) is 10.7. The lowest BCUT2D eigenvalue weighted by atomic mass is 10.1. The number of benzene rings is 2. The van der Waals surface area contributed by atoms with Crippen LogP contribution in [0.25, 0.3) is 0 Å². The second kappa shape index (κ2) is 9.16. The molecule has 1 heterocycles. The lowest BCUT2D eigenvalue weighted by Gasteiger charge is -2.25. The van der Waals surface area contributed by atoms with E-state index < -0.39 is 27.5 Å². The highest BCUT2D eigenvalue weighted by Gasteiger charge is 2.55. The van der Waals surface area contributed by atoms with Crippen molar-refractivity contribution in [1.82, 2.24) is 4.90 Å². The second-order valence-electron chi connectivity index (χ2n) is 7.30. The monoisotopic (exact) mass is 522 g/mol. The highest BCUT2D eigenvalue weighted by atomic mass is 35.5. The smallest absolute Gasteiger partial charge is 0.373 e. The van der Waals surface area contributed by atoms with Crippen LogP contribution in [0.2, 0.25) is 5.02 Å². The Morgan fingerprint density at radius 3 is 2.24 bits per heavy atom. The van der Waals surface area contributed by atoms with Crippen molar-refractivity contribution in [3.8, 4) is 0 Å². The molecule has 1 saturated heterocycles. The molecule has 178 valence electrons. The summed E-state index contributed by atoms with van der Waals surface area (Å²) in [5, 5.41) is 10.9. The van der Waals surface area contributed by atoms with Crippen LogP contribution in [0.1, 0.15) is 17.3 Å². The van der Waals surface area contributed by atoms with Crippen LogP contribution in [-0.4, -0.2) is 60.2 Å². The van der Waals surface area contributed by atoms with Crippen LogP contribution in [0, 0.1) is 0 Å². The Bertz CT molecular complexity index is 1180. The normalized spacial score (nSPS) is 16.4. The Labute approximate surface area is 196 Å². The first-order valence-electron chi connectivity index (χ1n) is 9.37. The van der Waals surface area contributed by atoms with Gasteiger partial charge in [-0.2, -0.15) is 13.2 Å². The van der Waals surface area contributed by atoms with Crippen LogP contribution in [0.5, 0.6) is 0 Å². The molecule has 0 aromatic heterocycles. The number of hydrogen-bond donors (Lipinski definition) is 2. The zero-order valence-electron chi connectivity index (χ0n) is 17.0. The maximum atomic E-state index is 12.9. The largest absolute Gasteiger partial charge is 0.426 e. The molecule has 0 radical (unpaired) electrons. The molecule has 1 aliphatic heterocycles. The first-order valence-corrected chi connectivity index (χ1v) is 12.4. The Kier molecular flexibility index (Phi) is 7.04. The van der Waals surface area contributed by atoms with Gasteiger partial charge in [0.1, 0.15) is 0 Å². The molecule has 0 bridgehead atoms. The van der Waals surface area contributed by atoms with E-state index >= 15 is 0 Å². The molecular weight excluding hydrogens is 505 g/mol. The number of sulfone groups is 1. The molecular formula is C20H18ClF3N2O5S2. The van der Waals surface area contributed by atoms with Gasteiger partial charge >= 0.3 is 6.18 Å². The highest BCUT2D eigenvalue weighted by Crippen LogP contribution is 2.33. The molecule has 1 atom stereocenters. The number of rotatable bonds is 5. The van der Waals surface area contributed by atoms with E-state index in [1.54, 1.807) is 16.7 Å². The fourth-order valence-corrected chi connectivity index (χ4v) is 5.33. The summed E-state index contributed by atoms with van der Waals surface area (Å²) in [7, 11) is -4.08. The van der Waals surface area contributed by atoms with Gasteiger partial charge in [0.25, 0.3) is 11.8 Å². The molecule has 1 fully saturated rings. The lowest BCUT2D eigenvalue weighted by Crippen LogP contribution is -2.52. The molecule has 1 aliphatic rings. The van der Waals surface area contributed by atoms with Crippen molar-refractivity contribution in [1.29, 1.82) is 0 Å². The van der Waals surface area contributed by atoms with Gasteiger partial charge in [-0.3, -0.25) is 9.59 Å². The molecule has 0 saturated carbocycles. The quantitative estimate of drug-likeness (QED) is 0.622. The first-order chi connectivity index (χ1) is 15.2. The van der Waals surface area contributed by atoms with Gasteiger partial charge in [0, 0.05) is 17.9 Å². The van der Waals surface area contributed by atoms with Gasteiger partial charge in [-0.05, 0) is 49.4 Å². The summed E-state index contributed by atoms with van der Waals surface area (Å²) in [5.74, 6) is -0.576. The maximum Gasteiger partial charge on any atom is 0.426 e. The summed E-state index contributed by atoms with van der Waals surface area (Å²) >= 11 is 7.60. The van der Waals surface area contributed by atoms with Gasteiger partial charge in [-0.1, -0.05) is 11.6 Å². The van der Waals surface area contributed by atoms with E-state index in [1.165, 1.54) is 24.3 Å². The average Bonchev–Trinajstić information content (AvgIpc) is 3.28. The van der Waals surface area contributed by atoms with Crippen molar-refractivity contribution < 1.29 is 36.3 Å². The van der Waals surface area contributed by atoms with Gasteiger partial charge in [-0.15, -0.1) is 11.8 Å². The van der Waals surface area contributed by atoms with E-state index in [4.69, 9.17) is 11.6 Å². The zero-order valence-corrected chi connectivity index (χ0v) is 19.4. The Hall–Kier alpha value is -2.28. The standard InChI is InChI=1S/C20H18ClF3N2O5S2/c1-19(29,20(22,23)24)18(28)25-16-7-6-14(10-15(16)21)33(30,31)13-4-2-12(3-5-13)17(27)26-8-9-32-11-26/h2-7,10,29H,8-9,11H2,1H3,(H,25,28)/t19-/m1/s1. The number of aliphatic hydroxyl groups is 1. The Morgan fingerprint density at radius 2 is 1.73 bits per heavy atom. The van der Waals surface area contributed by atoms with Gasteiger partial charge in [-0.25, -0.2) is 8.42 Å². The number of nitrogens with zero attached hydrogens (tertiary/aromatic N) is 1. The number of hydrogen-bond acceptors (Lipinski definition) is 6. The van der Waals surface area contributed by atoms with E-state index in [-0.39, 0.29) is 33.3 Å². The number of thioether (sulfide) groups is 1. The highest BCUT2D eigenvalue weighted by molar-refractivity contribution is 7.99. The number of halogens is 4. The molecule has 3 rings (SSSR count). The van der Waals surface area contributed by atoms with Crippen LogP contribution < -0.4 is 5.32 Å². The van der Waals surface area contributed by atoms with Crippen molar-refractivity contribution in [3.63, 3.8) is 0 Å². The SMILES string of the molecule is C[C@@](O)(C(=O)Nc1ccc(S(=O)(=O)c2ccc(C(=O)N3CCSC3)cc2)cc1Cl)C(F)(F)F. The third-order valence-electron chi connectivity index (χ3n) is 4.94. The van der Waals surface area contributed by atoms with Crippen LogP contribution >= 0.6 is 23.4 Å². The molecule has 2 aromatic carbocycles. The number of carbonyl (C=O) groups excluding carboxylic acids is 2. The van der Waals surface area contributed by atoms with Crippen molar-refractivity contribution in [2.45, 2.75) is 28.5 Å². The number of amides is 2. The fraction of sp³-hybridized carbons (Fsp3) is 0.300. The van der Waals surface area contributed by atoms with Crippen molar-refractivity contribution in [2.75, 3.05) is 23.5 Å². The molecule has 13 heteroatoms. The predicted molar refractivity (Wildman–Crippen MR) is 117 cm³/mol. The lowest BCUT2D eigenvalue weighted by molar-refractivity contribution is -0.242. The molecule has 0 aliphatic carbocycles. The molecule has 0 spiro atoms. The molecule has 2 N–H and O–H groups in total. The van der Waals surface area contributed by atoms with Crippen LogP contribution in [-0.2, 0) is 14.6 Å². The summed E-state index contributed by atoms with van der Waals surface area (Å²) in [6.45, 7) is 0.898. The first kappa shape index (κ1) is 25.3. The van der Waals surface area contributed by atoms with Crippen LogP contribution in [0.15, 0.2) is 52.3 Å². The topological polar surface area (TPSA) is 104 Å². The maximum absolute atomic E-state index is 12.9. The van der Waals surface area contributed by atoms with Crippen molar-refractivity contribution in [2.24, 2.45) is 0 Å². The van der Waals surface area contributed by atoms with Gasteiger partial charge in [0.05, 0.1) is 26.4 Å². The van der Waals surface area contributed by atoms with Crippen molar-refractivity contribution in [3.05, 3.63) is 53.1 Å². The van der Waals surface area contributed by atoms with E-state index in [0.717, 1.165) is 24.0 Å². The molecule has 2 amide bonds. The summed E-state index contributed by atoms with van der Waals surface area (Å²) in [4.78, 5) is 25.5. The third-order valence-corrected chi connectivity index (χ3v) is 7.99. The summed E-state index contributed by atoms with van der Waals surface area (Å²) in [6.07, 6.45) is -5.23. The Balaban J connectivity index is 1.81.